The molecule has 5 amide bonds. The molecular weight excluding hydrogens is 682 g/mol. The van der Waals surface area contributed by atoms with E-state index in [1.165, 1.54) is 15.9 Å². The van der Waals surface area contributed by atoms with Gasteiger partial charge in [0.25, 0.3) is 5.91 Å². The molecule has 1 aromatic rings. The van der Waals surface area contributed by atoms with Crippen LogP contribution in [0.1, 0.15) is 89.7 Å². The molecule has 278 valence electrons. The van der Waals surface area contributed by atoms with Crippen molar-refractivity contribution in [2.45, 2.75) is 126 Å². The van der Waals surface area contributed by atoms with E-state index in [0.29, 0.717) is 25.7 Å². The third-order valence-corrected chi connectivity index (χ3v) is 11.8. The first-order chi connectivity index (χ1) is 24.0. The molecule has 0 aromatic heterocycles. The lowest BCUT2D eigenvalue weighted by molar-refractivity contribution is -0.141. The highest BCUT2D eigenvalue weighted by Crippen LogP contribution is 2.46. The molecule has 2 aliphatic carbocycles. The van der Waals surface area contributed by atoms with Crippen molar-refractivity contribution in [3.8, 4) is 5.75 Å². The summed E-state index contributed by atoms with van der Waals surface area (Å²) in [5.74, 6) is -2.48. The molecule has 16 heteroatoms. The second kappa shape index (κ2) is 14.0. The summed E-state index contributed by atoms with van der Waals surface area (Å²) in [7, 11) is -3.91. The molecule has 0 bridgehead atoms. The second-order valence-electron chi connectivity index (χ2n) is 15.3. The lowest BCUT2D eigenvalue weighted by Gasteiger charge is -2.30. The Balaban J connectivity index is 1.25. The lowest BCUT2D eigenvalue weighted by Crippen LogP contribution is -2.58. The number of rotatable bonds is 5. The van der Waals surface area contributed by atoms with Gasteiger partial charge in [-0.25, -0.2) is 18.0 Å². The monoisotopic (exact) mass is 729 g/mol. The maximum atomic E-state index is 14.3. The molecule has 51 heavy (non-hydrogen) atoms. The molecule has 1 unspecified atom stereocenters. The van der Waals surface area contributed by atoms with Crippen LogP contribution in [0.2, 0.25) is 0 Å². The molecule has 3 heterocycles. The SMILES string of the molecule is CC(C)(C)OC(=O)N[C@H]1CCCCC/C=C\[C@H]2C[C@@]2(C(=O)NS(=O)(=O)C2CC2)NC(=O)C2C[C@@H](OC(=O)N3Cc4ccc(O)cc4C3)CN2C1=O. The number of alkyl carbamates (subject to hydrolysis) is 1. The van der Waals surface area contributed by atoms with E-state index in [-0.39, 0.29) is 44.6 Å². The molecule has 5 atom stereocenters. The summed E-state index contributed by atoms with van der Waals surface area (Å²) in [4.78, 5) is 71.0. The van der Waals surface area contributed by atoms with Gasteiger partial charge in [-0.15, -0.1) is 0 Å². The molecule has 1 aromatic carbocycles. The summed E-state index contributed by atoms with van der Waals surface area (Å²) in [5, 5.41) is 14.7. The average Bonchev–Trinajstić information content (AvgIpc) is 3.93. The summed E-state index contributed by atoms with van der Waals surface area (Å²) in [6.07, 6.45) is 5.38. The molecule has 2 saturated carbocycles. The molecular formula is C35H47N5O10S. The molecule has 0 spiro atoms. The van der Waals surface area contributed by atoms with E-state index < -0.39 is 80.4 Å². The number of hydrogen-bond acceptors (Lipinski definition) is 10. The van der Waals surface area contributed by atoms with Crippen molar-refractivity contribution >= 4 is 39.9 Å². The van der Waals surface area contributed by atoms with E-state index in [4.69, 9.17) is 9.47 Å². The third kappa shape index (κ3) is 8.42. The Morgan fingerprint density at radius 3 is 2.51 bits per heavy atom. The first-order valence-corrected chi connectivity index (χ1v) is 19.2. The zero-order chi connectivity index (χ0) is 36.7. The van der Waals surface area contributed by atoms with Crippen molar-refractivity contribution in [1.29, 1.82) is 0 Å². The minimum absolute atomic E-state index is 0.0771. The molecule has 4 N–H and O–H groups in total. The topological polar surface area (TPSA) is 201 Å². The van der Waals surface area contributed by atoms with Crippen molar-refractivity contribution in [2.75, 3.05) is 6.54 Å². The van der Waals surface area contributed by atoms with Gasteiger partial charge in [-0.05, 0) is 82.6 Å². The Bertz CT molecular complexity index is 1720. The molecule has 3 aliphatic heterocycles. The van der Waals surface area contributed by atoms with Crippen molar-refractivity contribution in [1.82, 2.24) is 25.2 Å². The number of allylic oxidation sites excluding steroid dienone is 1. The maximum absolute atomic E-state index is 14.3. The maximum Gasteiger partial charge on any atom is 0.410 e. The van der Waals surface area contributed by atoms with Crippen molar-refractivity contribution in [3.05, 3.63) is 41.5 Å². The van der Waals surface area contributed by atoms with E-state index in [0.717, 1.165) is 24.0 Å². The van der Waals surface area contributed by atoms with Crippen LogP contribution in [0.4, 0.5) is 9.59 Å². The first-order valence-electron chi connectivity index (χ1n) is 17.7. The van der Waals surface area contributed by atoms with Crippen molar-refractivity contribution in [2.24, 2.45) is 5.92 Å². The number of amides is 5. The average molecular weight is 730 g/mol. The predicted octanol–water partition coefficient (Wildman–Crippen LogP) is 2.71. The summed E-state index contributed by atoms with van der Waals surface area (Å²) in [6.45, 7) is 5.41. The number of carbonyl (C=O) groups excluding carboxylic acids is 5. The van der Waals surface area contributed by atoms with E-state index >= 15 is 0 Å². The number of phenols is 1. The van der Waals surface area contributed by atoms with Gasteiger partial charge in [-0.1, -0.05) is 31.1 Å². The number of fused-ring (bicyclic) bond motifs is 3. The predicted molar refractivity (Wildman–Crippen MR) is 182 cm³/mol. The zero-order valence-corrected chi connectivity index (χ0v) is 30.0. The van der Waals surface area contributed by atoms with Crippen LogP contribution in [-0.2, 0) is 47.0 Å². The largest absolute Gasteiger partial charge is 0.508 e. The number of phenolic OH excluding ortho intramolecular Hbond substituents is 1. The van der Waals surface area contributed by atoms with Gasteiger partial charge in [0.05, 0.1) is 11.8 Å². The highest BCUT2D eigenvalue weighted by molar-refractivity contribution is 7.91. The number of aromatic hydroxyl groups is 1. The highest BCUT2D eigenvalue weighted by Gasteiger charge is 2.62. The minimum atomic E-state index is -3.91. The lowest BCUT2D eigenvalue weighted by atomic mass is 10.0. The fourth-order valence-electron chi connectivity index (χ4n) is 7.02. The van der Waals surface area contributed by atoms with Crippen LogP contribution in [0.25, 0.3) is 0 Å². The Labute approximate surface area is 297 Å². The third-order valence-electron chi connectivity index (χ3n) is 9.97. The van der Waals surface area contributed by atoms with Crippen molar-refractivity contribution in [3.63, 3.8) is 0 Å². The van der Waals surface area contributed by atoms with Crippen LogP contribution in [0.15, 0.2) is 30.4 Å². The molecule has 0 radical (unpaired) electrons. The minimum Gasteiger partial charge on any atom is -0.508 e. The van der Waals surface area contributed by atoms with Crippen LogP contribution in [0.3, 0.4) is 0 Å². The highest BCUT2D eigenvalue weighted by atomic mass is 32.2. The normalized spacial score (nSPS) is 28.9. The number of nitrogens with one attached hydrogen (secondary N) is 3. The van der Waals surface area contributed by atoms with Crippen LogP contribution < -0.4 is 15.4 Å². The van der Waals surface area contributed by atoms with E-state index in [2.05, 4.69) is 15.4 Å². The van der Waals surface area contributed by atoms with Gasteiger partial charge in [-0.3, -0.25) is 24.0 Å². The van der Waals surface area contributed by atoms with Gasteiger partial charge in [0.15, 0.2) is 0 Å². The van der Waals surface area contributed by atoms with Crippen molar-refractivity contribution < 1.29 is 47.0 Å². The number of carbonyl (C=O) groups is 5. The quantitative estimate of drug-likeness (QED) is 0.327. The smallest absolute Gasteiger partial charge is 0.410 e. The Morgan fingerprint density at radius 2 is 1.78 bits per heavy atom. The number of nitrogens with zero attached hydrogens (tertiary/aromatic N) is 2. The first kappa shape index (κ1) is 36.5. The molecule has 3 fully saturated rings. The number of hydrogen-bond donors (Lipinski definition) is 4. The summed E-state index contributed by atoms with van der Waals surface area (Å²) in [6, 6.07) is 2.59. The molecule has 5 aliphatic rings. The van der Waals surface area contributed by atoms with E-state index in [1.807, 2.05) is 12.2 Å². The van der Waals surface area contributed by atoms with Crippen LogP contribution in [-0.4, -0.2) is 94.4 Å². The number of benzene rings is 1. The van der Waals surface area contributed by atoms with Gasteiger partial charge in [-0.2, -0.15) is 0 Å². The van der Waals surface area contributed by atoms with E-state index in [9.17, 15) is 37.5 Å². The van der Waals surface area contributed by atoms with Crippen LogP contribution in [0, 0.1) is 5.92 Å². The van der Waals surface area contributed by atoms with Gasteiger partial charge in [0.2, 0.25) is 21.8 Å². The number of ether oxygens (including phenoxy) is 2. The van der Waals surface area contributed by atoms with Gasteiger partial charge < -0.3 is 30.1 Å². The Hall–Kier alpha value is -4.34. The second-order valence-corrected chi connectivity index (χ2v) is 17.2. The molecule has 6 rings (SSSR count). The van der Waals surface area contributed by atoms with Crippen LogP contribution in [0.5, 0.6) is 5.75 Å². The van der Waals surface area contributed by atoms with Gasteiger partial charge >= 0.3 is 12.2 Å². The fourth-order valence-corrected chi connectivity index (χ4v) is 8.39. The zero-order valence-electron chi connectivity index (χ0n) is 29.2. The summed E-state index contributed by atoms with van der Waals surface area (Å²) >= 11 is 0. The Morgan fingerprint density at radius 1 is 1.04 bits per heavy atom. The Kier molecular flexibility index (Phi) is 10.0. The number of sulfonamides is 1. The van der Waals surface area contributed by atoms with Gasteiger partial charge in [0, 0.05) is 25.4 Å². The summed E-state index contributed by atoms with van der Waals surface area (Å²) < 4.78 is 39.0. The van der Waals surface area contributed by atoms with Gasteiger partial charge in [0.1, 0.15) is 35.1 Å². The van der Waals surface area contributed by atoms with E-state index in [1.54, 1.807) is 32.9 Å². The molecule has 15 nitrogen and oxygen atoms in total. The van der Waals surface area contributed by atoms with Crippen LogP contribution >= 0.6 is 0 Å². The molecule has 1 saturated heterocycles. The summed E-state index contributed by atoms with van der Waals surface area (Å²) in [5.41, 5.74) is -0.738. The standard InChI is InChI=1S/C35H47N5O10S/c1-34(2,3)50-32(45)36-27-10-8-6-4-5-7-9-23-17-35(23,31(44)38-51(47,48)26-13-14-26)37-29(42)28-16-25(20-40(28)30(27)43)49-33(46)39-18-21-11-12-24(41)15-22(21)19-39/h7,9,11-12,15,23,25-28,41H,4-6,8,10,13-14,16-20H2,1-3H3,(H,36,45)(H,37,42)(H,38,44)/b9-7-/t23-,25+,27-,28?,35+/m0/s1. The fraction of sp³-hybridized carbons (Fsp3) is 0.629.